The van der Waals surface area contributed by atoms with Gasteiger partial charge in [0.05, 0.1) is 0 Å². The number of carboxylic acids is 1. The zero-order valence-electron chi connectivity index (χ0n) is 13.5. The molecule has 0 fully saturated rings. The minimum atomic E-state index is -1.03. The maximum absolute atomic E-state index is 13.0. The van der Waals surface area contributed by atoms with Crippen LogP contribution in [0.1, 0.15) is 27.5 Å². The first kappa shape index (κ1) is 15.5. The third kappa shape index (κ3) is 2.69. The van der Waals surface area contributed by atoms with Crippen molar-refractivity contribution in [3.05, 3.63) is 59.2 Å². The molecular formula is C19H17NO5. The SMILES string of the molecule is O=C(O)C1c2ccccc2CCN1C(=O)c1ccc2c(c1)OCCO2. The highest BCUT2D eigenvalue weighted by Gasteiger charge is 2.36. The van der Waals surface area contributed by atoms with Crippen molar-refractivity contribution < 1.29 is 24.2 Å². The fourth-order valence-electron chi connectivity index (χ4n) is 3.39. The summed E-state index contributed by atoms with van der Waals surface area (Å²) in [6, 6.07) is 11.4. The zero-order chi connectivity index (χ0) is 17.4. The number of aliphatic carboxylic acids is 1. The van der Waals surface area contributed by atoms with E-state index in [1.165, 1.54) is 4.90 Å². The molecular weight excluding hydrogens is 322 g/mol. The van der Waals surface area contributed by atoms with Crippen LogP contribution in [0.5, 0.6) is 11.5 Å². The molecule has 2 aromatic rings. The van der Waals surface area contributed by atoms with Gasteiger partial charge in [-0.15, -0.1) is 0 Å². The van der Waals surface area contributed by atoms with Gasteiger partial charge >= 0.3 is 5.97 Å². The van der Waals surface area contributed by atoms with Crippen LogP contribution in [0.15, 0.2) is 42.5 Å². The van der Waals surface area contributed by atoms with E-state index in [0.717, 1.165) is 5.56 Å². The van der Waals surface area contributed by atoms with E-state index in [1.54, 1.807) is 30.3 Å². The van der Waals surface area contributed by atoms with Gasteiger partial charge in [0.2, 0.25) is 0 Å². The van der Waals surface area contributed by atoms with Crippen molar-refractivity contribution in [1.82, 2.24) is 4.90 Å². The molecule has 1 N–H and O–H groups in total. The van der Waals surface area contributed by atoms with Gasteiger partial charge < -0.3 is 19.5 Å². The van der Waals surface area contributed by atoms with E-state index in [9.17, 15) is 14.7 Å². The minimum Gasteiger partial charge on any atom is -0.486 e. The topological polar surface area (TPSA) is 76.1 Å². The molecule has 0 radical (unpaired) electrons. The molecule has 0 spiro atoms. The average molecular weight is 339 g/mol. The summed E-state index contributed by atoms with van der Waals surface area (Å²) in [6.07, 6.45) is 0.635. The van der Waals surface area contributed by atoms with Crippen LogP contribution in [-0.4, -0.2) is 41.6 Å². The number of fused-ring (bicyclic) bond motifs is 2. The van der Waals surface area contributed by atoms with Crippen molar-refractivity contribution in [2.24, 2.45) is 0 Å². The molecule has 2 heterocycles. The molecule has 1 amide bonds. The second-order valence-electron chi connectivity index (χ2n) is 6.05. The predicted molar refractivity (Wildman–Crippen MR) is 89.0 cm³/mol. The van der Waals surface area contributed by atoms with E-state index in [4.69, 9.17) is 9.47 Å². The van der Waals surface area contributed by atoms with E-state index in [-0.39, 0.29) is 5.91 Å². The van der Waals surface area contributed by atoms with E-state index >= 15 is 0 Å². The number of carbonyl (C=O) groups excluding carboxylic acids is 1. The fourth-order valence-corrected chi connectivity index (χ4v) is 3.39. The molecule has 2 aliphatic heterocycles. The molecule has 128 valence electrons. The first-order chi connectivity index (χ1) is 12.1. The van der Waals surface area contributed by atoms with Crippen LogP contribution >= 0.6 is 0 Å². The molecule has 0 saturated heterocycles. The van der Waals surface area contributed by atoms with Gasteiger partial charge in [-0.25, -0.2) is 4.79 Å². The highest BCUT2D eigenvalue weighted by Crippen LogP contribution is 2.34. The number of ether oxygens (including phenoxy) is 2. The normalized spacial score (nSPS) is 18.4. The summed E-state index contributed by atoms with van der Waals surface area (Å²) >= 11 is 0. The Balaban J connectivity index is 1.69. The summed E-state index contributed by atoms with van der Waals surface area (Å²) in [5.74, 6) is -0.236. The molecule has 1 unspecified atom stereocenters. The Labute approximate surface area is 144 Å². The Morgan fingerprint density at radius 2 is 1.80 bits per heavy atom. The third-order valence-electron chi connectivity index (χ3n) is 4.57. The first-order valence-electron chi connectivity index (χ1n) is 8.16. The molecule has 0 bridgehead atoms. The van der Waals surface area contributed by atoms with Crippen molar-refractivity contribution in [2.75, 3.05) is 19.8 Å². The molecule has 1 atom stereocenters. The maximum Gasteiger partial charge on any atom is 0.331 e. The highest BCUT2D eigenvalue weighted by molar-refractivity contribution is 5.97. The van der Waals surface area contributed by atoms with Crippen LogP contribution in [0, 0.1) is 0 Å². The lowest BCUT2D eigenvalue weighted by molar-refractivity contribution is -0.143. The summed E-state index contributed by atoms with van der Waals surface area (Å²) in [4.78, 5) is 26.2. The van der Waals surface area contributed by atoms with Crippen LogP contribution < -0.4 is 9.47 Å². The van der Waals surface area contributed by atoms with Gasteiger partial charge in [-0.1, -0.05) is 24.3 Å². The van der Waals surface area contributed by atoms with Crippen LogP contribution in [0.25, 0.3) is 0 Å². The number of hydrogen-bond donors (Lipinski definition) is 1. The summed E-state index contributed by atoms with van der Waals surface area (Å²) in [6.45, 7) is 1.27. The van der Waals surface area contributed by atoms with Crippen LogP contribution in [-0.2, 0) is 11.2 Å². The van der Waals surface area contributed by atoms with Crippen molar-refractivity contribution >= 4 is 11.9 Å². The molecule has 0 saturated carbocycles. The van der Waals surface area contributed by atoms with Crippen molar-refractivity contribution in [3.63, 3.8) is 0 Å². The fraction of sp³-hybridized carbons (Fsp3) is 0.263. The Kier molecular flexibility index (Phi) is 3.80. The van der Waals surface area contributed by atoms with Gasteiger partial charge in [0, 0.05) is 12.1 Å². The summed E-state index contributed by atoms with van der Waals surface area (Å²) in [7, 11) is 0. The average Bonchev–Trinajstić information content (AvgIpc) is 2.66. The monoisotopic (exact) mass is 339 g/mol. The number of hydrogen-bond acceptors (Lipinski definition) is 4. The molecule has 2 aliphatic rings. The minimum absolute atomic E-state index is 0.320. The molecule has 4 rings (SSSR count). The lowest BCUT2D eigenvalue weighted by Gasteiger charge is -2.35. The second-order valence-corrected chi connectivity index (χ2v) is 6.05. The van der Waals surface area contributed by atoms with Crippen molar-refractivity contribution in [3.8, 4) is 11.5 Å². The number of rotatable bonds is 2. The van der Waals surface area contributed by atoms with Gasteiger partial charge in [-0.05, 0) is 35.7 Å². The Morgan fingerprint density at radius 1 is 1.04 bits per heavy atom. The van der Waals surface area contributed by atoms with Crippen LogP contribution in [0.3, 0.4) is 0 Å². The van der Waals surface area contributed by atoms with Gasteiger partial charge in [0.15, 0.2) is 17.5 Å². The van der Waals surface area contributed by atoms with Crippen LogP contribution in [0.2, 0.25) is 0 Å². The molecule has 2 aromatic carbocycles. The number of benzene rings is 2. The van der Waals surface area contributed by atoms with Crippen molar-refractivity contribution in [2.45, 2.75) is 12.5 Å². The largest absolute Gasteiger partial charge is 0.486 e. The lowest BCUT2D eigenvalue weighted by Crippen LogP contribution is -2.43. The van der Waals surface area contributed by atoms with E-state index in [2.05, 4.69) is 0 Å². The summed E-state index contributed by atoms with van der Waals surface area (Å²) in [5, 5.41) is 9.70. The Hall–Kier alpha value is -3.02. The third-order valence-corrected chi connectivity index (χ3v) is 4.57. The molecule has 6 heteroatoms. The number of carboxylic acid groups (broad SMARTS) is 1. The summed E-state index contributed by atoms with van der Waals surface area (Å²) < 4.78 is 11.0. The van der Waals surface area contributed by atoms with E-state index in [1.807, 2.05) is 12.1 Å². The summed E-state index contributed by atoms with van der Waals surface area (Å²) in [5.41, 5.74) is 2.04. The van der Waals surface area contributed by atoms with Gasteiger partial charge in [-0.2, -0.15) is 0 Å². The quantitative estimate of drug-likeness (QED) is 0.908. The molecule has 25 heavy (non-hydrogen) atoms. The number of carbonyl (C=O) groups is 2. The Morgan fingerprint density at radius 3 is 2.60 bits per heavy atom. The maximum atomic E-state index is 13.0. The zero-order valence-corrected chi connectivity index (χ0v) is 13.5. The van der Waals surface area contributed by atoms with Gasteiger partial charge in [0.25, 0.3) is 5.91 Å². The lowest BCUT2D eigenvalue weighted by atomic mass is 9.92. The van der Waals surface area contributed by atoms with Gasteiger partial charge in [0.1, 0.15) is 13.2 Å². The van der Waals surface area contributed by atoms with E-state index < -0.39 is 12.0 Å². The van der Waals surface area contributed by atoms with Crippen molar-refractivity contribution in [1.29, 1.82) is 0 Å². The van der Waals surface area contributed by atoms with Crippen LogP contribution in [0.4, 0.5) is 0 Å². The highest BCUT2D eigenvalue weighted by atomic mass is 16.6. The predicted octanol–water partition coefficient (Wildman–Crippen LogP) is 2.28. The Bertz CT molecular complexity index is 847. The molecule has 0 aromatic heterocycles. The number of amides is 1. The first-order valence-corrected chi connectivity index (χ1v) is 8.16. The molecule has 6 nitrogen and oxygen atoms in total. The smallest absolute Gasteiger partial charge is 0.331 e. The van der Waals surface area contributed by atoms with E-state index in [0.29, 0.717) is 48.8 Å². The van der Waals surface area contributed by atoms with Gasteiger partial charge in [-0.3, -0.25) is 4.79 Å². The molecule has 0 aliphatic carbocycles. The standard InChI is InChI=1S/C19H17NO5/c21-18(13-5-6-15-16(11-13)25-10-9-24-15)20-8-7-12-3-1-2-4-14(12)17(20)19(22)23/h1-6,11,17H,7-10H2,(H,22,23). The second kappa shape index (κ2) is 6.12. The number of nitrogens with zero attached hydrogens (tertiary/aromatic N) is 1.